The first-order valence-electron chi connectivity index (χ1n) is 11.8. The number of nitrogens with zero attached hydrogens (tertiary/aromatic N) is 2. The minimum absolute atomic E-state index is 0.0753. The van der Waals surface area contributed by atoms with Gasteiger partial charge in [-0.15, -0.1) is 0 Å². The van der Waals surface area contributed by atoms with Gasteiger partial charge in [-0.2, -0.15) is 0 Å². The van der Waals surface area contributed by atoms with Gasteiger partial charge in [0.05, 0.1) is 29.0 Å². The van der Waals surface area contributed by atoms with Crippen molar-refractivity contribution in [2.45, 2.75) is 71.8 Å². The van der Waals surface area contributed by atoms with Crippen molar-refractivity contribution in [3.05, 3.63) is 56.9 Å². The maximum Gasteiger partial charge on any atom is 0.343 e. The van der Waals surface area contributed by atoms with Gasteiger partial charge in [0.15, 0.2) is 17.0 Å². The fraction of sp³-hybridized carbons (Fsp3) is 0.407. The van der Waals surface area contributed by atoms with E-state index < -0.39 is 17.2 Å². The van der Waals surface area contributed by atoms with E-state index in [0.717, 1.165) is 22.0 Å². The lowest BCUT2D eigenvalue weighted by molar-refractivity contribution is -0.172. The van der Waals surface area contributed by atoms with Crippen LogP contribution in [0.15, 0.2) is 29.1 Å². The molecule has 1 aromatic carbocycles. The zero-order chi connectivity index (χ0) is 25.3. The molecule has 8 heteroatoms. The van der Waals surface area contributed by atoms with E-state index in [1.807, 2.05) is 19.1 Å². The van der Waals surface area contributed by atoms with Crippen LogP contribution in [0.1, 0.15) is 63.3 Å². The molecule has 0 saturated carbocycles. The van der Waals surface area contributed by atoms with Crippen molar-refractivity contribution in [1.82, 2.24) is 9.55 Å². The van der Waals surface area contributed by atoms with Crippen LogP contribution in [0, 0.1) is 0 Å². The number of cyclic esters (lactones) is 1. The zero-order valence-corrected chi connectivity index (χ0v) is 20.5. The lowest BCUT2D eigenvalue weighted by Gasteiger charge is -2.31. The topological polar surface area (TPSA) is 108 Å². The molecule has 0 saturated heterocycles. The van der Waals surface area contributed by atoms with Gasteiger partial charge in [0.2, 0.25) is 0 Å². The molecular weight excluding hydrogens is 448 g/mol. The molecule has 5 rings (SSSR count). The first kappa shape index (κ1) is 23.2. The van der Waals surface area contributed by atoms with Crippen LogP contribution in [0.25, 0.3) is 22.3 Å². The lowest BCUT2D eigenvalue weighted by atomic mass is 9.86. The monoisotopic (exact) mass is 476 g/mol. The summed E-state index contributed by atoms with van der Waals surface area (Å²) in [5.41, 5.74) is 1.46. The number of hydrogen-bond acceptors (Lipinski definition) is 7. The van der Waals surface area contributed by atoms with Gasteiger partial charge in [0.25, 0.3) is 5.56 Å². The third-order valence-electron chi connectivity index (χ3n) is 7.35. The molecule has 2 aromatic heterocycles. The maximum absolute atomic E-state index is 13.4. The quantitative estimate of drug-likeness (QED) is 0.440. The number of rotatable bonds is 5. The molecule has 0 fully saturated rings. The molecule has 182 valence electrons. The average Bonchev–Trinajstić information content (AvgIpc) is 3.18. The van der Waals surface area contributed by atoms with Crippen LogP contribution in [-0.4, -0.2) is 32.0 Å². The second-order valence-electron chi connectivity index (χ2n) is 9.72. The molecule has 0 unspecified atom stereocenters. The Balaban J connectivity index is 1.70. The van der Waals surface area contributed by atoms with E-state index in [1.54, 1.807) is 37.5 Å². The third-order valence-corrected chi connectivity index (χ3v) is 7.35. The highest BCUT2D eigenvalue weighted by Crippen LogP contribution is 2.41. The van der Waals surface area contributed by atoms with Gasteiger partial charge in [0, 0.05) is 16.5 Å². The van der Waals surface area contributed by atoms with Crippen LogP contribution < -0.4 is 10.3 Å². The van der Waals surface area contributed by atoms with Crippen molar-refractivity contribution < 1.29 is 24.2 Å². The summed E-state index contributed by atoms with van der Waals surface area (Å²) >= 11 is 0. The number of benzene rings is 1. The van der Waals surface area contributed by atoms with Gasteiger partial charge in [-0.1, -0.05) is 13.8 Å². The Morgan fingerprint density at radius 1 is 1.23 bits per heavy atom. The van der Waals surface area contributed by atoms with E-state index in [1.165, 1.54) is 6.92 Å². The highest BCUT2D eigenvalue weighted by Gasteiger charge is 2.45. The Morgan fingerprint density at radius 3 is 2.63 bits per heavy atom. The maximum atomic E-state index is 13.4. The van der Waals surface area contributed by atoms with E-state index in [4.69, 9.17) is 14.5 Å². The largest absolute Gasteiger partial charge is 0.480 e. The number of carbonyl (C=O) groups is 2. The number of pyridine rings is 2. The number of fused-ring (bicyclic) bond motifs is 5. The Kier molecular flexibility index (Phi) is 5.14. The minimum atomic E-state index is -1.86. The Bertz CT molecular complexity index is 1490. The molecule has 8 nitrogen and oxygen atoms in total. The molecule has 3 aromatic rings. The normalized spacial score (nSPS) is 18.6. The summed E-state index contributed by atoms with van der Waals surface area (Å²) in [6, 6.07) is 7.24. The number of ketones is 1. The number of aromatic nitrogens is 2. The van der Waals surface area contributed by atoms with E-state index in [-0.39, 0.29) is 24.4 Å². The number of carbonyl (C=O) groups excluding carboxylic acids is 2. The van der Waals surface area contributed by atoms with Crippen LogP contribution in [0.5, 0.6) is 5.75 Å². The third kappa shape index (κ3) is 3.31. The van der Waals surface area contributed by atoms with Gasteiger partial charge in [-0.25, -0.2) is 9.78 Å². The number of esters is 1. The highest BCUT2D eigenvalue weighted by atomic mass is 16.6. The van der Waals surface area contributed by atoms with Gasteiger partial charge in [0.1, 0.15) is 12.4 Å². The van der Waals surface area contributed by atoms with Crippen molar-refractivity contribution in [2.24, 2.45) is 0 Å². The molecular formula is C27H28N2O6. The van der Waals surface area contributed by atoms with Gasteiger partial charge >= 0.3 is 5.97 Å². The summed E-state index contributed by atoms with van der Waals surface area (Å²) in [6.07, 6.45) is 0.795. The molecule has 0 bridgehead atoms. The molecule has 4 heterocycles. The standard InChI is InChI=1S/C27H28N2O6/c1-6-16-17-10-15(35-26(4,5)14(3)30)8-9-21(17)28-23-18(16)12-29-22(23)11-20-19(24(29)31)13-34-25(32)27(20,33)7-2/h8-11,33H,6-7,12-13H2,1-5H3/t27-/m0/s1. The van der Waals surface area contributed by atoms with Crippen LogP contribution in [0.3, 0.4) is 0 Å². The second kappa shape index (κ2) is 7.75. The summed E-state index contributed by atoms with van der Waals surface area (Å²) in [7, 11) is 0. The Labute approximate surface area is 202 Å². The van der Waals surface area contributed by atoms with Crippen molar-refractivity contribution >= 4 is 22.7 Å². The fourth-order valence-corrected chi connectivity index (χ4v) is 4.97. The molecule has 35 heavy (non-hydrogen) atoms. The summed E-state index contributed by atoms with van der Waals surface area (Å²) in [4.78, 5) is 42.6. The minimum Gasteiger partial charge on any atom is -0.480 e. The van der Waals surface area contributed by atoms with Crippen LogP contribution in [-0.2, 0) is 39.5 Å². The number of aliphatic hydroxyl groups is 1. The first-order chi connectivity index (χ1) is 16.5. The second-order valence-corrected chi connectivity index (χ2v) is 9.72. The van der Waals surface area contributed by atoms with E-state index >= 15 is 0 Å². The first-order valence-corrected chi connectivity index (χ1v) is 11.8. The average molecular weight is 477 g/mol. The fourth-order valence-electron chi connectivity index (χ4n) is 4.97. The molecule has 1 atom stereocenters. The van der Waals surface area contributed by atoms with E-state index in [2.05, 4.69) is 0 Å². The summed E-state index contributed by atoms with van der Waals surface area (Å²) in [5.74, 6) is -0.244. The van der Waals surface area contributed by atoms with Crippen LogP contribution in [0.4, 0.5) is 0 Å². The molecule has 0 amide bonds. The number of aryl methyl sites for hydroxylation is 1. The Morgan fingerprint density at radius 2 is 1.97 bits per heavy atom. The van der Waals surface area contributed by atoms with Gasteiger partial charge in [-0.05, 0) is 63.4 Å². The molecule has 0 aliphatic carbocycles. The molecule has 0 spiro atoms. The predicted octanol–water partition coefficient (Wildman–Crippen LogP) is 3.39. The highest BCUT2D eigenvalue weighted by molar-refractivity contribution is 5.90. The van der Waals surface area contributed by atoms with Crippen molar-refractivity contribution in [3.63, 3.8) is 0 Å². The van der Waals surface area contributed by atoms with E-state index in [9.17, 15) is 19.5 Å². The Hall–Kier alpha value is -3.52. The van der Waals surface area contributed by atoms with Gasteiger partial charge < -0.3 is 19.1 Å². The van der Waals surface area contributed by atoms with Crippen molar-refractivity contribution in [1.29, 1.82) is 0 Å². The SMILES string of the molecule is CCc1c2c(nc3ccc(OC(C)(C)C(C)=O)cc13)-c1cc3c(c(=O)n1C2)COC(=O)[C@]3(O)CC. The summed E-state index contributed by atoms with van der Waals surface area (Å²) in [6.45, 7) is 8.88. The molecule has 0 radical (unpaired) electrons. The molecule has 2 aliphatic heterocycles. The van der Waals surface area contributed by atoms with Crippen molar-refractivity contribution in [2.75, 3.05) is 0 Å². The summed E-state index contributed by atoms with van der Waals surface area (Å²) in [5, 5.41) is 12.0. The number of Topliss-reactive ketones (excluding diaryl/α,β-unsaturated/α-hetero) is 1. The zero-order valence-electron chi connectivity index (χ0n) is 20.5. The smallest absolute Gasteiger partial charge is 0.343 e. The van der Waals surface area contributed by atoms with Crippen LogP contribution in [0.2, 0.25) is 0 Å². The van der Waals surface area contributed by atoms with Gasteiger partial charge in [-0.3, -0.25) is 9.59 Å². The number of hydrogen-bond donors (Lipinski definition) is 1. The lowest BCUT2D eigenvalue weighted by Crippen LogP contribution is -2.44. The van der Waals surface area contributed by atoms with Crippen molar-refractivity contribution in [3.8, 4) is 17.1 Å². The predicted molar refractivity (Wildman–Crippen MR) is 129 cm³/mol. The van der Waals surface area contributed by atoms with E-state index in [0.29, 0.717) is 41.2 Å². The summed E-state index contributed by atoms with van der Waals surface area (Å²) < 4.78 is 12.8. The molecule has 1 N–H and O–H groups in total. The number of ether oxygens (including phenoxy) is 2. The molecule has 2 aliphatic rings. The van der Waals surface area contributed by atoms with Crippen LogP contribution >= 0.6 is 0 Å².